The molecular formula is C14H17N3O. The molecule has 0 bridgehead atoms. The summed E-state index contributed by atoms with van der Waals surface area (Å²) in [6.07, 6.45) is 3.97. The Kier molecular flexibility index (Phi) is 3.77. The standard InChI is InChI=1S/C14H17N3O/c1-11-3-5-12(6-4-11)7-14(18)17(2)10-13-8-15-16-9-13/h3-6,8-9H,7,10H2,1-2H3,(H,15,16). The minimum Gasteiger partial charge on any atom is -0.341 e. The molecule has 1 aromatic carbocycles. The van der Waals surface area contributed by atoms with Crippen LogP contribution in [0.4, 0.5) is 0 Å². The Labute approximate surface area is 107 Å². The molecule has 1 heterocycles. The van der Waals surface area contributed by atoms with Gasteiger partial charge in [-0.05, 0) is 12.5 Å². The van der Waals surface area contributed by atoms with E-state index in [0.717, 1.165) is 11.1 Å². The fraction of sp³-hybridized carbons (Fsp3) is 0.286. The van der Waals surface area contributed by atoms with Crippen LogP contribution in [0.5, 0.6) is 0 Å². The van der Waals surface area contributed by atoms with Crippen LogP contribution in [0.2, 0.25) is 0 Å². The highest BCUT2D eigenvalue weighted by molar-refractivity contribution is 5.78. The number of amides is 1. The summed E-state index contributed by atoms with van der Waals surface area (Å²) in [6, 6.07) is 8.05. The van der Waals surface area contributed by atoms with E-state index in [1.54, 1.807) is 17.3 Å². The molecule has 0 fully saturated rings. The first-order valence-corrected chi connectivity index (χ1v) is 5.92. The van der Waals surface area contributed by atoms with E-state index in [4.69, 9.17) is 0 Å². The Morgan fingerprint density at radius 2 is 2.00 bits per heavy atom. The van der Waals surface area contributed by atoms with Crippen LogP contribution < -0.4 is 0 Å². The number of aryl methyl sites for hydroxylation is 1. The fourth-order valence-corrected chi connectivity index (χ4v) is 1.74. The number of nitrogens with zero attached hydrogens (tertiary/aromatic N) is 2. The Hall–Kier alpha value is -2.10. The van der Waals surface area contributed by atoms with Crippen molar-refractivity contribution < 1.29 is 4.79 Å². The van der Waals surface area contributed by atoms with Gasteiger partial charge in [-0.15, -0.1) is 0 Å². The van der Waals surface area contributed by atoms with Crippen LogP contribution in [0.1, 0.15) is 16.7 Å². The van der Waals surface area contributed by atoms with Gasteiger partial charge in [-0.2, -0.15) is 5.10 Å². The highest BCUT2D eigenvalue weighted by atomic mass is 16.2. The molecule has 94 valence electrons. The molecule has 0 unspecified atom stereocenters. The third kappa shape index (κ3) is 3.20. The molecular weight excluding hydrogens is 226 g/mol. The van der Waals surface area contributed by atoms with Crippen LogP contribution in [0, 0.1) is 6.92 Å². The lowest BCUT2D eigenvalue weighted by molar-refractivity contribution is -0.129. The van der Waals surface area contributed by atoms with Gasteiger partial charge >= 0.3 is 0 Å². The van der Waals surface area contributed by atoms with Crippen LogP contribution in [0.3, 0.4) is 0 Å². The van der Waals surface area contributed by atoms with Crippen LogP contribution in [0.25, 0.3) is 0 Å². The maximum Gasteiger partial charge on any atom is 0.227 e. The second-order valence-corrected chi connectivity index (χ2v) is 4.52. The Bertz CT molecular complexity index is 502. The number of rotatable bonds is 4. The number of hydrogen-bond donors (Lipinski definition) is 1. The van der Waals surface area contributed by atoms with Gasteiger partial charge in [-0.1, -0.05) is 29.8 Å². The molecule has 0 saturated heterocycles. The molecule has 4 heteroatoms. The Balaban J connectivity index is 1.93. The van der Waals surface area contributed by atoms with Crippen molar-refractivity contribution in [1.29, 1.82) is 0 Å². The van der Waals surface area contributed by atoms with Gasteiger partial charge in [-0.25, -0.2) is 0 Å². The molecule has 18 heavy (non-hydrogen) atoms. The van der Waals surface area contributed by atoms with Gasteiger partial charge in [0.1, 0.15) is 0 Å². The van der Waals surface area contributed by atoms with Gasteiger partial charge in [0.15, 0.2) is 0 Å². The van der Waals surface area contributed by atoms with E-state index >= 15 is 0 Å². The molecule has 0 saturated carbocycles. The second-order valence-electron chi connectivity index (χ2n) is 4.52. The lowest BCUT2D eigenvalue weighted by atomic mass is 10.1. The zero-order chi connectivity index (χ0) is 13.0. The smallest absolute Gasteiger partial charge is 0.227 e. The monoisotopic (exact) mass is 243 g/mol. The summed E-state index contributed by atoms with van der Waals surface area (Å²) in [4.78, 5) is 13.7. The molecule has 1 aromatic heterocycles. The number of carbonyl (C=O) groups is 1. The maximum atomic E-state index is 12.0. The molecule has 4 nitrogen and oxygen atoms in total. The molecule has 0 atom stereocenters. The normalized spacial score (nSPS) is 10.3. The first-order valence-electron chi connectivity index (χ1n) is 5.92. The summed E-state index contributed by atoms with van der Waals surface area (Å²) in [7, 11) is 1.81. The number of likely N-dealkylation sites (N-methyl/N-ethyl adjacent to an activating group) is 1. The summed E-state index contributed by atoms with van der Waals surface area (Å²) in [5.74, 6) is 0.111. The third-order valence-corrected chi connectivity index (χ3v) is 2.88. The van der Waals surface area contributed by atoms with E-state index < -0.39 is 0 Å². The molecule has 2 rings (SSSR count). The highest BCUT2D eigenvalue weighted by Gasteiger charge is 2.10. The molecule has 1 amide bonds. The van der Waals surface area contributed by atoms with Crippen LogP contribution in [0.15, 0.2) is 36.7 Å². The molecule has 1 N–H and O–H groups in total. The first kappa shape index (κ1) is 12.4. The first-order chi connectivity index (χ1) is 8.65. The zero-order valence-corrected chi connectivity index (χ0v) is 10.7. The van der Waals surface area contributed by atoms with Crippen molar-refractivity contribution in [1.82, 2.24) is 15.1 Å². The van der Waals surface area contributed by atoms with E-state index in [9.17, 15) is 4.79 Å². The van der Waals surface area contributed by atoms with Crippen molar-refractivity contribution in [3.8, 4) is 0 Å². The van der Waals surface area contributed by atoms with Crippen molar-refractivity contribution in [3.63, 3.8) is 0 Å². The largest absolute Gasteiger partial charge is 0.341 e. The van der Waals surface area contributed by atoms with E-state index in [0.29, 0.717) is 13.0 Å². The van der Waals surface area contributed by atoms with Gasteiger partial charge in [0, 0.05) is 25.4 Å². The van der Waals surface area contributed by atoms with Crippen molar-refractivity contribution in [2.75, 3.05) is 7.05 Å². The van der Waals surface area contributed by atoms with Crippen molar-refractivity contribution >= 4 is 5.91 Å². The zero-order valence-electron chi connectivity index (χ0n) is 10.7. The quantitative estimate of drug-likeness (QED) is 0.891. The van der Waals surface area contributed by atoms with Gasteiger partial charge < -0.3 is 4.90 Å². The summed E-state index contributed by atoms with van der Waals surface area (Å²) >= 11 is 0. The summed E-state index contributed by atoms with van der Waals surface area (Å²) in [5, 5.41) is 6.61. The van der Waals surface area contributed by atoms with Crippen LogP contribution in [-0.4, -0.2) is 28.1 Å². The van der Waals surface area contributed by atoms with Crippen molar-refractivity contribution in [3.05, 3.63) is 53.3 Å². The fourth-order valence-electron chi connectivity index (χ4n) is 1.74. The topological polar surface area (TPSA) is 49.0 Å². The summed E-state index contributed by atoms with van der Waals surface area (Å²) < 4.78 is 0. The third-order valence-electron chi connectivity index (χ3n) is 2.88. The number of aromatic nitrogens is 2. The van der Waals surface area contributed by atoms with Crippen LogP contribution in [-0.2, 0) is 17.8 Å². The predicted molar refractivity (Wildman–Crippen MR) is 69.9 cm³/mol. The highest BCUT2D eigenvalue weighted by Crippen LogP contribution is 2.07. The average Bonchev–Trinajstić information content (AvgIpc) is 2.85. The Morgan fingerprint density at radius 1 is 1.28 bits per heavy atom. The number of aromatic amines is 1. The van der Waals surface area contributed by atoms with E-state index in [-0.39, 0.29) is 5.91 Å². The lowest BCUT2D eigenvalue weighted by Gasteiger charge is -2.16. The summed E-state index contributed by atoms with van der Waals surface area (Å²) in [6.45, 7) is 2.62. The predicted octanol–water partition coefficient (Wildman–Crippen LogP) is 1.92. The number of carbonyl (C=O) groups excluding carboxylic acids is 1. The number of benzene rings is 1. The molecule has 0 aliphatic rings. The van der Waals surface area contributed by atoms with Crippen molar-refractivity contribution in [2.45, 2.75) is 19.9 Å². The molecule has 2 aromatic rings. The summed E-state index contributed by atoms with van der Waals surface area (Å²) in [5.41, 5.74) is 3.26. The SMILES string of the molecule is Cc1ccc(CC(=O)N(C)Cc2cn[nH]c2)cc1. The van der Waals surface area contributed by atoms with Crippen LogP contribution >= 0.6 is 0 Å². The average molecular weight is 243 g/mol. The van der Waals surface area contributed by atoms with E-state index in [1.807, 2.05) is 38.2 Å². The van der Waals surface area contributed by atoms with Gasteiger partial charge in [0.25, 0.3) is 0 Å². The molecule has 0 aliphatic carbocycles. The van der Waals surface area contributed by atoms with E-state index in [2.05, 4.69) is 10.2 Å². The van der Waals surface area contributed by atoms with Crippen molar-refractivity contribution in [2.24, 2.45) is 0 Å². The number of H-pyrrole nitrogens is 1. The van der Waals surface area contributed by atoms with E-state index in [1.165, 1.54) is 5.56 Å². The minimum atomic E-state index is 0.111. The lowest BCUT2D eigenvalue weighted by Crippen LogP contribution is -2.27. The molecule has 0 spiro atoms. The Morgan fingerprint density at radius 3 is 2.61 bits per heavy atom. The number of hydrogen-bond acceptors (Lipinski definition) is 2. The van der Waals surface area contributed by atoms with Gasteiger partial charge in [0.05, 0.1) is 12.6 Å². The molecule has 0 radical (unpaired) electrons. The second kappa shape index (κ2) is 5.49. The van der Waals surface area contributed by atoms with Gasteiger partial charge in [-0.3, -0.25) is 9.89 Å². The minimum absolute atomic E-state index is 0.111. The maximum absolute atomic E-state index is 12.0. The van der Waals surface area contributed by atoms with Gasteiger partial charge in [0.2, 0.25) is 5.91 Å². The molecule has 0 aliphatic heterocycles. The number of nitrogens with one attached hydrogen (secondary N) is 1.